The molecule has 0 N–H and O–H groups in total. The van der Waals surface area contributed by atoms with Crippen molar-refractivity contribution in [3.05, 3.63) is 35.6 Å². The van der Waals surface area contributed by atoms with Gasteiger partial charge in [-0.05, 0) is 24.8 Å². The number of allylic oxidation sites excluding steroid dienone is 1. The van der Waals surface area contributed by atoms with Gasteiger partial charge in [0.15, 0.2) is 0 Å². The summed E-state index contributed by atoms with van der Waals surface area (Å²) in [7, 11) is 0. The third-order valence-electron chi connectivity index (χ3n) is 4.10. The minimum atomic E-state index is -0.676. The smallest absolute Gasteiger partial charge is 0.125 e. The van der Waals surface area contributed by atoms with Crippen LogP contribution in [0.4, 0.5) is 0 Å². The molecule has 0 aromatic heterocycles. The van der Waals surface area contributed by atoms with Crippen LogP contribution in [0.25, 0.3) is 0 Å². The van der Waals surface area contributed by atoms with Gasteiger partial charge in [-0.2, -0.15) is 0 Å². The Labute approximate surface area is 124 Å². The highest BCUT2D eigenvalue weighted by molar-refractivity contribution is 5.42. The molecule has 0 radical (unpaired) electrons. The maximum Gasteiger partial charge on any atom is 0.125 e. The Morgan fingerprint density at radius 3 is 2.55 bits per heavy atom. The van der Waals surface area contributed by atoms with Crippen LogP contribution < -0.4 is 5.11 Å². The van der Waals surface area contributed by atoms with Crippen molar-refractivity contribution in [3.8, 4) is 0 Å². The first-order chi connectivity index (χ1) is 9.61. The fraction of sp³-hybridized carbons (Fsp3) is 0.667. The normalized spacial score (nSPS) is 22.7. The third kappa shape index (κ3) is 4.82. The van der Waals surface area contributed by atoms with Crippen molar-refractivity contribution in [2.75, 3.05) is 6.61 Å². The molecule has 2 unspecified atom stereocenters. The van der Waals surface area contributed by atoms with Crippen LogP contribution in [0.5, 0.6) is 0 Å². The highest BCUT2D eigenvalue weighted by atomic mass is 16.5. The molecule has 0 amide bonds. The van der Waals surface area contributed by atoms with Crippen molar-refractivity contribution in [1.82, 2.24) is 0 Å². The standard InChI is InChI=1S/C18H29O2/c1-5-7-8-9-10-11-12-20-18-15(4)14(3)17(19)13-16(18)6-2/h6,13-14,17H,2,5,7-12H2,1,3-4H3/q-1. The number of hydrogen-bond acceptors (Lipinski definition) is 2. The van der Waals surface area contributed by atoms with Gasteiger partial charge in [-0.3, -0.25) is 0 Å². The third-order valence-corrected chi connectivity index (χ3v) is 4.10. The van der Waals surface area contributed by atoms with Gasteiger partial charge in [-0.1, -0.05) is 70.8 Å². The molecule has 0 saturated heterocycles. The van der Waals surface area contributed by atoms with Crippen LogP contribution in [0.3, 0.4) is 0 Å². The molecule has 0 bridgehead atoms. The molecular formula is C18H29O2-. The van der Waals surface area contributed by atoms with Gasteiger partial charge in [0.1, 0.15) is 5.76 Å². The molecule has 0 saturated carbocycles. The molecule has 0 aromatic carbocycles. The Bertz CT molecular complexity index is 366. The predicted octanol–water partition coefficient (Wildman–Crippen LogP) is 4.13. The Kier molecular flexibility index (Phi) is 7.68. The monoisotopic (exact) mass is 277 g/mol. The van der Waals surface area contributed by atoms with E-state index in [1.165, 1.54) is 32.1 Å². The molecule has 1 aliphatic rings. The first-order valence-corrected chi connectivity index (χ1v) is 7.95. The summed E-state index contributed by atoms with van der Waals surface area (Å²) < 4.78 is 5.93. The predicted molar refractivity (Wildman–Crippen MR) is 83.3 cm³/mol. The van der Waals surface area contributed by atoms with E-state index < -0.39 is 6.10 Å². The van der Waals surface area contributed by atoms with E-state index >= 15 is 0 Å². The van der Waals surface area contributed by atoms with Crippen molar-refractivity contribution >= 4 is 0 Å². The van der Waals surface area contributed by atoms with Gasteiger partial charge in [-0.25, -0.2) is 0 Å². The lowest BCUT2D eigenvalue weighted by Gasteiger charge is -2.34. The first-order valence-electron chi connectivity index (χ1n) is 7.95. The molecule has 0 fully saturated rings. The van der Waals surface area contributed by atoms with Crippen molar-refractivity contribution in [3.63, 3.8) is 0 Å². The molecule has 0 aliphatic heterocycles. The van der Waals surface area contributed by atoms with Gasteiger partial charge in [-0.15, -0.1) is 0 Å². The molecule has 1 aliphatic carbocycles. The van der Waals surface area contributed by atoms with Crippen LogP contribution >= 0.6 is 0 Å². The van der Waals surface area contributed by atoms with Crippen LogP contribution in [0.2, 0.25) is 0 Å². The van der Waals surface area contributed by atoms with E-state index in [1.54, 1.807) is 12.2 Å². The van der Waals surface area contributed by atoms with E-state index in [0.717, 1.165) is 29.9 Å². The number of rotatable bonds is 9. The Morgan fingerprint density at radius 2 is 1.90 bits per heavy atom. The average Bonchev–Trinajstić information content (AvgIpc) is 2.45. The second-order valence-corrected chi connectivity index (χ2v) is 5.71. The molecule has 20 heavy (non-hydrogen) atoms. The summed E-state index contributed by atoms with van der Waals surface area (Å²) in [6.07, 6.45) is 10.3. The van der Waals surface area contributed by atoms with Gasteiger partial charge in [0.25, 0.3) is 0 Å². The van der Waals surface area contributed by atoms with E-state index in [-0.39, 0.29) is 5.92 Å². The molecular weight excluding hydrogens is 248 g/mol. The van der Waals surface area contributed by atoms with Crippen molar-refractivity contribution in [2.24, 2.45) is 5.92 Å². The highest BCUT2D eigenvalue weighted by Gasteiger charge is 2.20. The SMILES string of the molecule is C=CC1=CC([O-])C(C)C(C)=C1OCCCCCCCC. The van der Waals surface area contributed by atoms with Gasteiger partial charge < -0.3 is 9.84 Å². The minimum absolute atomic E-state index is 0.0123. The van der Waals surface area contributed by atoms with Crippen LogP contribution in [0.15, 0.2) is 35.6 Å². The average molecular weight is 277 g/mol. The molecule has 114 valence electrons. The van der Waals surface area contributed by atoms with Crippen LogP contribution in [-0.2, 0) is 4.74 Å². The molecule has 2 atom stereocenters. The molecule has 2 heteroatoms. The maximum atomic E-state index is 11.9. The van der Waals surface area contributed by atoms with Crippen LogP contribution in [-0.4, -0.2) is 12.7 Å². The molecule has 0 heterocycles. The second kappa shape index (κ2) is 9.02. The Hall–Kier alpha value is -1.02. The highest BCUT2D eigenvalue weighted by Crippen LogP contribution is 2.30. The molecule has 0 spiro atoms. The van der Waals surface area contributed by atoms with Gasteiger partial charge >= 0.3 is 0 Å². The van der Waals surface area contributed by atoms with E-state index in [0.29, 0.717) is 0 Å². The van der Waals surface area contributed by atoms with Crippen LogP contribution in [0.1, 0.15) is 59.3 Å². The minimum Gasteiger partial charge on any atom is -0.849 e. The number of unbranched alkanes of at least 4 members (excludes halogenated alkanes) is 5. The zero-order chi connectivity index (χ0) is 15.0. The van der Waals surface area contributed by atoms with Gasteiger partial charge in [0.05, 0.1) is 6.61 Å². The summed E-state index contributed by atoms with van der Waals surface area (Å²) in [5, 5.41) is 11.9. The van der Waals surface area contributed by atoms with Gasteiger partial charge in [0.2, 0.25) is 0 Å². The first kappa shape index (κ1) is 17.0. The largest absolute Gasteiger partial charge is 0.849 e. The summed E-state index contributed by atoms with van der Waals surface area (Å²) in [5.74, 6) is 0.895. The summed E-state index contributed by atoms with van der Waals surface area (Å²) >= 11 is 0. The Morgan fingerprint density at radius 1 is 1.25 bits per heavy atom. The van der Waals surface area contributed by atoms with Crippen LogP contribution in [0, 0.1) is 5.92 Å². The summed E-state index contributed by atoms with van der Waals surface area (Å²) in [6.45, 7) is 10.7. The lowest BCUT2D eigenvalue weighted by molar-refractivity contribution is -0.412. The quantitative estimate of drug-likeness (QED) is 0.594. The molecule has 1 rings (SSSR count). The number of hydrogen-bond donors (Lipinski definition) is 0. The van der Waals surface area contributed by atoms with Crippen molar-refractivity contribution < 1.29 is 9.84 Å². The second-order valence-electron chi connectivity index (χ2n) is 5.71. The fourth-order valence-corrected chi connectivity index (χ4v) is 2.49. The van der Waals surface area contributed by atoms with Crippen molar-refractivity contribution in [1.29, 1.82) is 0 Å². The topological polar surface area (TPSA) is 32.3 Å². The lowest BCUT2D eigenvalue weighted by Crippen LogP contribution is -2.34. The number of ether oxygens (including phenoxy) is 1. The van der Waals surface area contributed by atoms with E-state index in [4.69, 9.17) is 4.74 Å². The van der Waals surface area contributed by atoms with E-state index in [9.17, 15) is 5.11 Å². The zero-order valence-corrected chi connectivity index (χ0v) is 13.3. The molecule has 2 nitrogen and oxygen atoms in total. The van der Waals surface area contributed by atoms with Crippen molar-refractivity contribution in [2.45, 2.75) is 65.4 Å². The van der Waals surface area contributed by atoms with E-state index in [1.807, 2.05) is 13.8 Å². The summed E-state index contributed by atoms with van der Waals surface area (Å²) in [5.41, 5.74) is 1.93. The fourth-order valence-electron chi connectivity index (χ4n) is 2.49. The lowest BCUT2D eigenvalue weighted by atomic mass is 9.87. The Balaban J connectivity index is 2.41. The molecule has 0 aromatic rings. The summed E-state index contributed by atoms with van der Waals surface area (Å²) in [4.78, 5) is 0. The zero-order valence-electron chi connectivity index (χ0n) is 13.3. The maximum absolute atomic E-state index is 11.9. The van der Waals surface area contributed by atoms with Gasteiger partial charge in [0, 0.05) is 5.57 Å². The van der Waals surface area contributed by atoms with E-state index in [2.05, 4.69) is 13.5 Å². The summed E-state index contributed by atoms with van der Waals surface area (Å²) in [6, 6.07) is 0.